The van der Waals surface area contributed by atoms with Crippen LogP contribution in [0.25, 0.3) is 0 Å². The van der Waals surface area contributed by atoms with Gasteiger partial charge >= 0.3 is 0 Å². The molecule has 4 nitrogen and oxygen atoms in total. The zero-order valence-electron chi connectivity index (χ0n) is 10.2. The Morgan fingerprint density at radius 1 is 1.21 bits per heavy atom. The summed E-state index contributed by atoms with van der Waals surface area (Å²) in [5, 5.41) is 12.4. The van der Waals surface area contributed by atoms with Crippen LogP contribution in [-0.2, 0) is 0 Å². The monoisotopic (exact) mass is 261 g/mol. The molecule has 0 spiro atoms. The molecule has 2 aromatic carbocycles. The fourth-order valence-corrected chi connectivity index (χ4v) is 1.60. The van der Waals surface area contributed by atoms with E-state index < -0.39 is 5.91 Å². The van der Waals surface area contributed by atoms with Crippen LogP contribution < -0.4 is 10.1 Å². The van der Waals surface area contributed by atoms with Gasteiger partial charge in [0.2, 0.25) is 0 Å². The van der Waals surface area contributed by atoms with E-state index in [0.717, 1.165) is 0 Å². The van der Waals surface area contributed by atoms with Gasteiger partial charge in [-0.25, -0.2) is 4.39 Å². The molecular formula is C14H12FNO3. The first kappa shape index (κ1) is 12.9. The Morgan fingerprint density at radius 3 is 2.53 bits per heavy atom. The number of hydrogen-bond acceptors (Lipinski definition) is 3. The van der Waals surface area contributed by atoms with E-state index in [0.29, 0.717) is 5.69 Å². The molecule has 0 radical (unpaired) electrons. The van der Waals surface area contributed by atoms with Crippen LogP contribution in [0.4, 0.5) is 10.1 Å². The highest BCUT2D eigenvalue weighted by Gasteiger charge is 2.14. The summed E-state index contributed by atoms with van der Waals surface area (Å²) in [6, 6.07) is 9.95. The highest BCUT2D eigenvalue weighted by Crippen LogP contribution is 2.29. The molecule has 2 aromatic rings. The van der Waals surface area contributed by atoms with Crippen molar-refractivity contribution in [1.82, 2.24) is 0 Å². The SMILES string of the molecule is COc1cccc(C(=O)Nc2ccc(F)cc2)c1O. The molecule has 5 heteroatoms. The maximum Gasteiger partial charge on any atom is 0.259 e. The molecule has 0 bridgehead atoms. The Kier molecular flexibility index (Phi) is 3.66. The van der Waals surface area contributed by atoms with E-state index in [4.69, 9.17) is 4.74 Å². The van der Waals surface area contributed by atoms with Gasteiger partial charge in [0.1, 0.15) is 5.82 Å². The molecule has 0 aromatic heterocycles. The summed E-state index contributed by atoms with van der Waals surface area (Å²) in [7, 11) is 1.40. The minimum absolute atomic E-state index is 0.0867. The number of ether oxygens (including phenoxy) is 1. The van der Waals surface area contributed by atoms with E-state index in [1.165, 1.54) is 37.4 Å². The van der Waals surface area contributed by atoms with Gasteiger partial charge in [-0.1, -0.05) is 6.07 Å². The molecule has 0 fully saturated rings. The van der Waals surface area contributed by atoms with Crippen molar-refractivity contribution in [1.29, 1.82) is 0 Å². The molecule has 1 amide bonds. The minimum atomic E-state index is -0.497. The van der Waals surface area contributed by atoms with E-state index >= 15 is 0 Å². The number of carbonyl (C=O) groups excluding carboxylic acids is 1. The molecule has 0 aliphatic rings. The number of halogens is 1. The van der Waals surface area contributed by atoms with Gasteiger partial charge in [-0.2, -0.15) is 0 Å². The maximum absolute atomic E-state index is 12.7. The maximum atomic E-state index is 12.7. The number of nitrogens with one attached hydrogen (secondary N) is 1. The smallest absolute Gasteiger partial charge is 0.259 e. The number of para-hydroxylation sites is 1. The highest BCUT2D eigenvalue weighted by atomic mass is 19.1. The predicted molar refractivity (Wildman–Crippen MR) is 69.0 cm³/mol. The van der Waals surface area contributed by atoms with Crippen LogP contribution in [0.5, 0.6) is 11.5 Å². The topological polar surface area (TPSA) is 58.6 Å². The van der Waals surface area contributed by atoms with Crippen LogP contribution in [0.15, 0.2) is 42.5 Å². The molecule has 2 rings (SSSR count). The molecular weight excluding hydrogens is 249 g/mol. The van der Waals surface area contributed by atoms with E-state index in [1.54, 1.807) is 12.1 Å². The molecule has 19 heavy (non-hydrogen) atoms. The second-order valence-corrected chi connectivity index (χ2v) is 3.82. The Bertz CT molecular complexity index is 596. The van der Waals surface area contributed by atoms with Gasteiger partial charge in [-0.15, -0.1) is 0 Å². The van der Waals surface area contributed by atoms with Crippen molar-refractivity contribution in [2.45, 2.75) is 0 Å². The normalized spacial score (nSPS) is 10.0. The summed E-state index contributed by atoms with van der Waals surface area (Å²) in [6.45, 7) is 0. The number of anilines is 1. The molecule has 0 atom stereocenters. The largest absolute Gasteiger partial charge is 0.504 e. The van der Waals surface area contributed by atoms with Gasteiger partial charge in [-0.05, 0) is 36.4 Å². The summed E-state index contributed by atoms with van der Waals surface area (Å²) >= 11 is 0. The number of rotatable bonds is 3. The summed E-state index contributed by atoms with van der Waals surface area (Å²) in [5.41, 5.74) is 0.525. The van der Waals surface area contributed by atoms with Crippen molar-refractivity contribution in [2.75, 3.05) is 12.4 Å². The van der Waals surface area contributed by atoms with Crippen molar-refractivity contribution in [3.63, 3.8) is 0 Å². The highest BCUT2D eigenvalue weighted by molar-refractivity contribution is 6.06. The number of carbonyl (C=O) groups is 1. The van der Waals surface area contributed by atoms with Crippen LogP contribution in [-0.4, -0.2) is 18.1 Å². The second-order valence-electron chi connectivity index (χ2n) is 3.82. The Hall–Kier alpha value is -2.56. The first-order chi connectivity index (χ1) is 9.11. The van der Waals surface area contributed by atoms with Gasteiger partial charge in [-0.3, -0.25) is 4.79 Å². The summed E-state index contributed by atoms with van der Waals surface area (Å²) in [5.74, 6) is -0.901. The second kappa shape index (κ2) is 5.39. The van der Waals surface area contributed by atoms with Crippen LogP contribution in [0.2, 0.25) is 0 Å². The average molecular weight is 261 g/mol. The third kappa shape index (κ3) is 2.82. The van der Waals surface area contributed by atoms with Crippen LogP contribution in [0, 0.1) is 5.82 Å². The van der Waals surface area contributed by atoms with E-state index in [-0.39, 0.29) is 22.9 Å². The van der Waals surface area contributed by atoms with Crippen molar-refractivity contribution in [2.24, 2.45) is 0 Å². The standard InChI is InChI=1S/C14H12FNO3/c1-19-12-4-2-3-11(13(12)17)14(18)16-10-7-5-9(15)6-8-10/h2-8,17H,1H3,(H,16,18). The molecule has 0 saturated carbocycles. The lowest BCUT2D eigenvalue weighted by Gasteiger charge is -2.09. The van der Waals surface area contributed by atoms with Crippen LogP contribution >= 0.6 is 0 Å². The van der Waals surface area contributed by atoms with E-state index in [1.807, 2.05) is 0 Å². The van der Waals surface area contributed by atoms with Gasteiger partial charge in [0.05, 0.1) is 12.7 Å². The molecule has 0 heterocycles. The number of hydrogen-bond donors (Lipinski definition) is 2. The number of aromatic hydroxyl groups is 1. The average Bonchev–Trinajstić information content (AvgIpc) is 2.41. The zero-order chi connectivity index (χ0) is 13.8. The number of methoxy groups -OCH3 is 1. The number of phenols is 1. The third-order valence-corrected chi connectivity index (χ3v) is 2.57. The number of phenolic OH excluding ortho intramolecular Hbond substituents is 1. The molecule has 0 aliphatic carbocycles. The van der Waals surface area contributed by atoms with Crippen molar-refractivity contribution in [3.8, 4) is 11.5 Å². The summed E-state index contributed by atoms with van der Waals surface area (Å²) in [6.07, 6.45) is 0. The first-order valence-corrected chi connectivity index (χ1v) is 5.54. The van der Waals surface area contributed by atoms with Gasteiger partial charge in [0, 0.05) is 5.69 Å². The summed E-state index contributed by atoms with van der Waals surface area (Å²) < 4.78 is 17.7. The fraction of sp³-hybridized carbons (Fsp3) is 0.0714. The Labute approximate surface area is 109 Å². The molecule has 0 aliphatic heterocycles. The third-order valence-electron chi connectivity index (χ3n) is 2.57. The zero-order valence-corrected chi connectivity index (χ0v) is 10.2. The number of amides is 1. The Balaban J connectivity index is 2.23. The van der Waals surface area contributed by atoms with Crippen LogP contribution in [0.1, 0.15) is 10.4 Å². The number of benzene rings is 2. The summed E-state index contributed by atoms with van der Waals surface area (Å²) in [4.78, 5) is 12.0. The van der Waals surface area contributed by atoms with E-state index in [2.05, 4.69) is 5.32 Å². The predicted octanol–water partition coefficient (Wildman–Crippen LogP) is 2.79. The lowest BCUT2D eigenvalue weighted by Crippen LogP contribution is -2.12. The lowest BCUT2D eigenvalue weighted by atomic mass is 10.1. The molecule has 2 N–H and O–H groups in total. The Morgan fingerprint density at radius 2 is 1.89 bits per heavy atom. The van der Waals surface area contributed by atoms with Gasteiger partial charge in [0.15, 0.2) is 11.5 Å². The van der Waals surface area contributed by atoms with Crippen molar-refractivity contribution >= 4 is 11.6 Å². The van der Waals surface area contributed by atoms with E-state index in [9.17, 15) is 14.3 Å². The van der Waals surface area contributed by atoms with Crippen molar-refractivity contribution < 1.29 is 19.0 Å². The fourth-order valence-electron chi connectivity index (χ4n) is 1.60. The van der Waals surface area contributed by atoms with Crippen molar-refractivity contribution in [3.05, 3.63) is 53.8 Å². The molecule has 0 unspecified atom stereocenters. The molecule has 0 saturated heterocycles. The first-order valence-electron chi connectivity index (χ1n) is 5.54. The molecule has 98 valence electrons. The quantitative estimate of drug-likeness (QED) is 0.893. The van der Waals surface area contributed by atoms with Gasteiger partial charge < -0.3 is 15.2 Å². The minimum Gasteiger partial charge on any atom is -0.504 e. The van der Waals surface area contributed by atoms with Gasteiger partial charge in [0.25, 0.3) is 5.91 Å². The van der Waals surface area contributed by atoms with Crippen LogP contribution in [0.3, 0.4) is 0 Å². The lowest BCUT2D eigenvalue weighted by molar-refractivity contribution is 0.102.